The van der Waals surface area contributed by atoms with Gasteiger partial charge in [0.2, 0.25) is 0 Å². The lowest BCUT2D eigenvalue weighted by Gasteiger charge is -2.30. The van der Waals surface area contributed by atoms with Gasteiger partial charge in [0.15, 0.2) is 6.10 Å². The van der Waals surface area contributed by atoms with Crippen molar-refractivity contribution >= 4 is 17.9 Å². The number of ether oxygens (including phenoxy) is 4. The molecule has 0 aliphatic carbocycles. The highest BCUT2D eigenvalue weighted by atomic mass is 16.6. The Balaban J connectivity index is 2.32. The van der Waals surface area contributed by atoms with Gasteiger partial charge in [-0.05, 0) is 70.3 Å². The average Bonchev–Trinajstić information content (AvgIpc) is 3.19. The number of likely N-dealkylation sites (N-methyl/N-ethyl adjacent to an activating group) is 1. The zero-order chi connectivity index (χ0) is 41.6. The third-order valence-corrected chi connectivity index (χ3v) is 12.1. The zero-order valence-electron chi connectivity index (χ0n) is 38.3. The minimum absolute atomic E-state index is 0.0481. The number of hydrogen-bond donors (Lipinski definition) is 0. The topological polar surface area (TPSA) is 91.4 Å². The second kappa shape index (κ2) is 38.5. The zero-order valence-corrected chi connectivity index (χ0v) is 38.3. The van der Waals surface area contributed by atoms with Crippen LogP contribution in [0.4, 0.5) is 0 Å². The Labute approximate surface area is 352 Å². The van der Waals surface area contributed by atoms with Gasteiger partial charge in [-0.2, -0.15) is 0 Å². The first-order valence-electron chi connectivity index (χ1n) is 24.6. The first kappa shape index (κ1) is 53.3. The minimum Gasteiger partial charge on any atom is -0.466 e. The highest BCUT2D eigenvalue weighted by molar-refractivity contribution is 5.75. The molecule has 1 fully saturated rings. The first-order valence-corrected chi connectivity index (χ1v) is 24.6. The Hall–Kier alpha value is -1.67. The Kier molecular flexibility index (Phi) is 36.1. The van der Waals surface area contributed by atoms with Crippen LogP contribution in [-0.2, 0) is 33.3 Å². The van der Waals surface area contributed by atoms with E-state index in [4.69, 9.17) is 18.9 Å². The number of carbonyl (C=O) groups excluding carboxylic acids is 3. The summed E-state index contributed by atoms with van der Waals surface area (Å²) in [4.78, 5) is 40.0. The molecule has 0 aromatic heterocycles. The predicted molar refractivity (Wildman–Crippen MR) is 236 cm³/mol. The van der Waals surface area contributed by atoms with Gasteiger partial charge < -0.3 is 23.8 Å². The van der Waals surface area contributed by atoms with Gasteiger partial charge in [-0.1, -0.05) is 169 Å². The second-order valence-electron chi connectivity index (χ2n) is 17.5. The summed E-state index contributed by atoms with van der Waals surface area (Å²) < 4.78 is 23.1. The van der Waals surface area contributed by atoms with E-state index in [-0.39, 0.29) is 24.0 Å². The van der Waals surface area contributed by atoms with Crippen LogP contribution >= 0.6 is 0 Å². The summed E-state index contributed by atoms with van der Waals surface area (Å²) in [6.07, 6.45) is 34.6. The van der Waals surface area contributed by atoms with Crippen molar-refractivity contribution in [3.05, 3.63) is 0 Å². The molecule has 1 atom stereocenters. The average molecular weight is 808 g/mol. The molecule has 1 aliphatic heterocycles. The number of esters is 3. The van der Waals surface area contributed by atoms with E-state index < -0.39 is 6.10 Å². The third-order valence-electron chi connectivity index (χ3n) is 12.1. The Morgan fingerprint density at radius 1 is 0.526 bits per heavy atom. The number of carbonyl (C=O) groups is 3. The largest absolute Gasteiger partial charge is 0.466 e. The van der Waals surface area contributed by atoms with Crippen molar-refractivity contribution in [3.63, 3.8) is 0 Å². The van der Waals surface area contributed by atoms with Gasteiger partial charge in [0, 0.05) is 25.9 Å². The molecule has 0 aromatic carbocycles. The van der Waals surface area contributed by atoms with Gasteiger partial charge in [-0.3, -0.25) is 9.59 Å². The van der Waals surface area contributed by atoms with E-state index in [0.29, 0.717) is 51.0 Å². The van der Waals surface area contributed by atoms with Crippen molar-refractivity contribution in [2.24, 2.45) is 11.8 Å². The minimum atomic E-state index is -0.508. The summed E-state index contributed by atoms with van der Waals surface area (Å²) in [6, 6.07) is 0. The van der Waals surface area contributed by atoms with Crippen LogP contribution in [0.25, 0.3) is 0 Å². The molecule has 1 saturated heterocycles. The number of morpholine rings is 1. The molecular formula is C49H93NO7. The van der Waals surface area contributed by atoms with Crippen molar-refractivity contribution in [2.75, 3.05) is 40.0 Å². The molecule has 0 radical (unpaired) electrons. The van der Waals surface area contributed by atoms with Crippen LogP contribution in [0.15, 0.2) is 0 Å². The molecule has 1 heterocycles. The van der Waals surface area contributed by atoms with E-state index in [0.717, 1.165) is 96.4 Å². The lowest BCUT2D eigenvalue weighted by Crippen LogP contribution is -2.45. The van der Waals surface area contributed by atoms with Gasteiger partial charge >= 0.3 is 17.9 Å². The standard InChI is InChI=1S/C49H93NO7/c1-6-10-20-28-43(29-21-11-7-2)36-39-55-47(51)34-26-18-14-16-24-32-45(57-49(53)46-42-50(5)38-41-54-46)33-25-17-15-19-27-35-48(52)56-40-37-44(30-22-12-8-3)31-23-13-9-4/h43-46H,6-42H2,1-5H3. The molecule has 1 unspecified atom stereocenters. The molecule has 0 saturated carbocycles. The van der Waals surface area contributed by atoms with E-state index >= 15 is 0 Å². The SMILES string of the molecule is CCCCCC(CCCCC)CCOC(=O)CCCCCCCC(CCCCCCCC(=O)OCCC(CCCCC)CCCCC)OC(=O)C1CN(C)CCO1. The summed E-state index contributed by atoms with van der Waals surface area (Å²) in [6.45, 7) is 12.1. The van der Waals surface area contributed by atoms with Crippen LogP contribution in [0.1, 0.15) is 233 Å². The van der Waals surface area contributed by atoms with Crippen LogP contribution in [0.3, 0.4) is 0 Å². The fourth-order valence-electron chi connectivity index (χ4n) is 8.19. The number of hydrogen-bond acceptors (Lipinski definition) is 8. The molecule has 0 aromatic rings. The van der Waals surface area contributed by atoms with Gasteiger partial charge in [-0.25, -0.2) is 4.79 Å². The molecule has 336 valence electrons. The van der Waals surface area contributed by atoms with Crippen LogP contribution < -0.4 is 0 Å². The van der Waals surface area contributed by atoms with Crippen molar-refractivity contribution in [1.29, 1.82) is 0 Å². The highest BCUT2D eigenvalue weighted by Gasteiger charge is 2.28. The normalized spacial score (nSPS) is 14.8. The van der Waals surface area contributed by atoms with E-state index in [9.17, 15) is 14.4 Å². The number of unbranched alkanes of at least 4 members (excludes halogenated alkanes) is 16. The maximum Gasteiger partial charge on any atom is 0.336 e. The molecule has 0 amide bonds. The molecule has 8 nitrogen and oxygen atoms in total. The summed E-state index contributed by atoms with van der Waals surface area (Å²) in [5.74, 6) is 1.04. The van der Waals surface area contributed by atoms with E-state index in [2.05, 4.69) is 32.6 Å². The molecule has 0 bridgehead atoms. The van der Waals surface area contributed by atoms with Crippen LogP contribution in [0.5, 0.6) is 0 Å². The molecule has 0 spiro atoms. The molecule has 1 rings (SSSR count). The Morgan fingerprint density at radius 3 is 1.32 bits per heavy atom. The smallest absolute Gasteiger partial charge is 0.336 e. The predicted octanol–water partition coefficient (Wildman–Crippen LogP) is 13.1. The quantitative estimate of drug-likeness (QED) is 0.0343. The molecule has 0 N–H and O–H groups in total. The maximum absolute atomic E-state index is 13.0. The highest BCUT2D eigenvalue weighted by Crippen LogP contribution is 2.23. The monoisotopic (exact) mass is 808 g/mol. The number of nitrogens with zero attached hydrogens (tertiary/aromatic N) is 1. The summed E-state index contributed by atoms with van der Waals surface area (Å²) in [7, 11) is 2.01. The Bertz CT molecular complexity index is 869. The van der Waals surface area contributed by atoms with Crippen molar-refractivity contribution in [3.8, 4) is 0 Å². The van der Waals surface area contributed by atoms with E-state index in [1.54, 1.807) is 0 Å². The molecule has 8 heteroatoms. The fraction of sp³-hybridized carbons (Fsp3) is 0.939. The lowest BCUT2D eigenvalue weighted by atomic mass is 9.92. The lowest BCUT2D eigenvalue weighted by molar-refractivity contribution is -0.168. The van der Waals surface area contributed by atoms with Crippen molar-refractivity contribution in [1.82, 2.24) is 4.90 Å². The third kappa shape index (κ3) is 31.9. The van der Waals surface area contributed by atoms with Gasteiger partial charge in [0.25, 0.3) is 0 Å². The van der Waals surface area contributed by atoms with Gasteiger partial charge in [0.05, 0.1) is 19.8 Å². The van der Waals surface area contributed by atoms with E-state index in [1.165, 1.54) is 103 Å². The Morgan fingerprint density at radius 2 is 0.912 bits per heavy atom. The van der Waals surface area contributed by atoms with Crippen molar-refractivity contribution in [2.45, 2.75) is 245 Å². The summed E-state index contributed by atoms with van der Waals surface area (Å²) in [5.41, 5.74) is 0. The molecule has 1 aliphatic rings. The van der Waals surface area contributed by atoms with Crippen LogP contribution in [0, 0.1) is 11.8 Å². The number of rotatable bonds is 40. The first-order chi connectivity index (χ1) is 27.8. The molecule has 57 heavy (non-hydrogen) atoms. The van der Waals surface area contributed by atoms with Crippen LogP contribution in [-0.4, -0.2) is 75.0 Å². The van der Waals surface area contributed by atoms with Crippen molar-refractivity contribution < 1.29 is 33.3 Å². The summed E-state index contributed by atoms with van der Waals surface area (Å²) >= 11 is 0. The molecular weight excluding hydrogens is 715 g/mol. The van der Waals surface area contributed by atoms with Crippen LogP contribution in [0.2, 0.25) is 0 Å². The summed E-state index contributed by atoms with van der Waals surface area (Å²) in [5, 5.41) is 0. The maximum atomic E-state index is 13.0. The fourth-order valence-corrected chi connectivity index (χ4v) is 8.19. The van der Waals surface area contributed by atoms with Gasteiger partial charge in [-0.15, -0.1) is 0 Å². The second-order valence-corrected chi connectivity index (χ2v) is 17.5. The van der Waals surface area contributed by atoms with E-state index in [1.807, 2.05) is 7.05 Å². The van der Waals surface area contributed by atoms with Gasteiger partial charge in [0.1, 0.15) is 6.10 Å².